The molecular weight excluding hydrogens is 436 g/mol. The van der Waals surface area contributed by atoms with E-state index in [-0.39, 0.29) is 22.0 Å². The van der Waals surface area contributed by atoms with Crippen LogP contribution in [-0.2, 0) is 12.4 Å². The minimum absolute atomic E-state index is 0.0213. The maximum Gasteiger partial charge on any atom is 0.445 e. The Hall–Kier alpha value is -2.67. The van der Waals surface area contributed by atoms with Gasteiger partial charge in [0.1, 0.15) is 0 Å². The Morgan fingerprint density at radius 2 is 1.68 bits per heavy atom. The lowest BCUT2D eigenvalue weighted by molar-refractivity contribution is -0.143. The van der Waals surface area contributed by atoms with Crippen molar-refractivity contribution in [2.75, 3.05) is 5.32 Å². The summed E-state index contributed by atoms with van der Waals surface area (Å²) >= 11 is 5.68. The molecule has 1 N–H and O–H groups in total. The van der Waals surface area contributed by atoms with Crippen LogP contribution in [0.15, 0.2) is 30.5 Å². The summed E-state index contributed by atoms with van der Waals surface area (Å²) in [6, 6.07) is 5.18. The number of aromatic nitrogens is 4. The number of anilines is 1. The predicted octanol–water partition coefficient (Wildman–Crippen LogP) is 4.67. The van der Waals surface area contributed by atoms with Crippen molar-refractivity contribution >= 4 is 34.0 Å². The summed E-state index contributed by atoms with van der Waals surface area (Å²) in [7, 11) is 0. The van der Waals surface area contributed by atoms with E-state index < -0.39 is 39.7 Å². The molecule has 0 spiro atoms. The van der Waals surface area contributed by atoms with Crippen molar-refractivity contribution in [3.8, 4) is 5.69 Å². The number of nitrogens with one attached hydrogen (secondary N) is 1. The third-order valence-corrected chi connectivity index (χ3v) is 4.38. The summed E-state index contributed by atoms with van der Waals surface area (Å²) in [6.07, 6.45) is -9.13. The van der Waals surface area contributed by atoms with E-state index in [9.17, 15) is 31.1 Å². The largest absolute Gasteiger partial charge is 0.445 e. The lowest BCUT2D eigenvalue weighted by atomic mass is 10.2. The summed E-state index contributed by atoms with van der Waals surface area (Å²) in [5.74, 6) is -1.34. The first kappa shape index (κ1) is 20.1. The van der Waals surface area contributed by atoms with E-state index in [2.05, 4.69) is 15.3 Å². The number of carbonyl (C=O) groups excluding carboxylic acids is 1. The SMILES string of the molecule is O=C(Nc1nnc(C(F)(F)F)s1)c1cnn(-c2ccc(Cl)cc2)c1C(F)(F)F. The lowest BCUT2D eigenvalue weighted by Gasteiger charge is -2.12. The quantitative estimate of drug-likeness (QED) is 0.600. The predicted molar refractivity (Wildman–Crippen MR) is 86.4 cm³/mol. The maximum absolute atomic E-state index is 13.5. The molecule has 1 aromatic carbocycles. The van der Waals surface area contributed by atoms with Crippen LogP contribution in [0.1, 0.15) is 21.1 Å². The molecule has 0 saturated carbocycles. The van der Waals surface area contributed by atoms with Gasteiger partial charge in [-0.3, -0.25) is 10.1 Å². The van der Waals surface area contributed by atoms with Crippen molar-refractivity contribution in [1.82, 2.24) is 20.0 Å². The summed E-state index contributed by atoms with van der Waals surface area (Å²) < 4.78 is 78.6. The van der Waals surface area contributed by atoms with Crippen LogP contribution in [0.4, 0.5) is 31.5 Å². The molecule has 0 saturated heterocycles. The van der Waals surface area contributed by atoms with Crippen LogP contribution in [0.25, 0.3) is 5.69 Å². The van der Waals surface area contributed by atoms with Crippen molar-refractivity contribution in [2.45, 2.75) is 12.4 Å². The molecule has 148 valence electrons. The number of carbonyl (C=O) groups is 1. The van der Waals surface area contributed by atoms with E-state index in [1.54, 1.807) is 0 Å². The molecule has 6 nitrogen and oxygen atoms in total. The first-order chi connectivity index (χ1) is 13.0. The fraction of sp³-hybridized carbons (Fsp3) is 0.143. The van der Waals surface area contributed by atoms with Crippen LogP contribution < -0.4 is 5.32 Å². The van der Waals surface area contributed by atoms with Gasteiger partial charge >= 0.3 is 12.4 Å². The normalized spacial score (nSPS) is 12.2. The van der Waals surface area contributed by atoms with Gasteiger partial charge in [-0.25, -0.2) is 4.68 Å². The molecule has 2 heterocycles. The number of rotatable bonds is 3. The van der Waals surface area contributed by atoms with Crippen molar-refractivity contribution in [3.05, 3.63) is 51.7 Å². The Morgan fingerprint density at radius 3 is 2.21 bits per heavy atom. The highest BCUT2D eigenvalue weighted by Gasteiger charge is 2.41. The Morgan fingerprint density at radius 1 is 1.04 bits per heavy atom. The molecule has 0 unspecified atom stereocenters. The van der Waals surface area contributed by atoms with Crippen LogP contribution in [0, 0.1) is 0 Å². The zero-order valence-corrected chi connectivity index (χ0v) is 14.7. The molecule has 3 rings (SSSR count). The second-order valence-corrected chi connectivity index (χ2v) is 6.57. The fourth-order valence-electron chi connectivity index (χ4n) is 2.12. The van der Waals surface area contributed by atoms with Gasteiger partial charge in [-0.1, -0.05) is 22.9 Å². The Balaban J connectivity index is 1.96. The second-order valence-electron chi connectivity index (χ2n) is 5.16. The van der Waals surface area contributed by atoms with E-state index in [0.29, 0.717) is 10.9 Å². The fourth-order valence-corrected chi connectivity index (χ4v) is 2.85. The maximum atomic E-state index is 13.5. The molecule has 0 aliphatic heterocycles. The molecule has 0 atom stereocenters. The van der Waals surface area contributed by atoms with Crippen LogP contribution in [0.2, 0.25) is 5.02 Å². The van der Waals surface area contributed by atoms with E-state index in [1.807, 2.05) is 5.32 Å². The molecule has 0 fully saturated rings. The molecule has 14 heteroatoms. The minimum atomic E-state index is -4.99. The first-order valence-electron chi connectivity index (χ1n) is 7.10. The standard InChI is InChI=1S/C14H6ClF6N5OS/c15-6-1-3-7(4-2-6)26-9(13(16,17)18)8(5-22-26)10(27)23-12-25-24-11(28-12)14(19,20)21/h1-5H,(H,23,25,27). The van der Waals surface area contributed by atoms with Crippen molar-refractivity contribution in [2.24, 2.45) is 0 Å². The van der Waals surface area contributed by atoms with Crippen molar-refractivity contribution in [3.63, 3.8) is 0 Å². The number of halogens is 7. The summed E-state index contributed by atoms with van der Waals surface area (Å²) in [5, 5.41) is 9.71. The first-order valence-corrected chi connectivity index (χ1v) is 8.29. The highest BCUT2D eigenvalue weighted by molar-refractivity contribution is 7.15. The number of benzene rings is 1. The number of hydrogen-bond acceptors (Lipinski definition) is 5. The van der Waals surface area contributed by atoms with Crippen LogP contribution in [0.3, 0.4) is 0 Å². The Labute approximate surface area is 160 Å². The average molecular weight is 442 g/mol. The Bertz CT molecular complexity index is 1010. The van der Waals surface area contributed by atoms with Gasteiger partial charge in [-0.2, -0.15) is 31.4 Å². The molecule has 0 aliphatic rings. The van der Waals surface area contributed by atoms with Gasteiger partial charge < -0.3 is 0 Å². The zero-order valence-electron chi connectivity index (χ0n) is 13.1. The van der Waals surface area contributed by atoms with E-state index in [4.69, 9.17) is 11.6 Å². The van der Waals surface area contributed by atoms with Gasteiger partial charge in [0.15, 0.2) is 5.69 Å². The molecule has 2 aromatic heterocycles. The van der Waals surface area contributed by atoms with Crippen molar-refractivity contribution < 1.29 is 31.1 Å². The summed E-state index contributed by atoms with van der Waals surface area (Å²) in [4.78, 5) is 12.2. The number of amides is 1. The molecular formula is C14H6ClF6N5OS. The minimum Gasteiger partial charge on any atom is -0.296 e. The summed E-state index contributed by atoms with van der Waals surface area (Å²) in [5.41, 5.74) is -2.33. The molecule has 0 radical (unpaired) electrons. The molecule has 3 aromatic rings. The van der Waals surface area contributed by atoms with Crippen molar-refractivity contribution in [1.29, 1.82) is 0 Å². The van der Waals surface area contributed by atoms with Gasteiger partial charge in [-0.15, -0.1) is 10.2 Å². The number of alkyl halides is 6. The second kappa shape index (κ2) is 7.05. The van der Waals surface area contributed by atoms with Crippen LogP contribution >= 0.6 is 22.9 Å². The molecule has 0 aliphatic carbocycles. The monoisotopic (exact) mass is 441 g/mol. The third-order valence-electron chi connectivity index (χ3n) is 3.24. The van der Waals surface area contributed by atoms with Crippen LogP contribution in [0.5, 0.6) is 0 Å². The zero-order chi connectivity index (χ0) is 20.7. The van der Waals surface area contributed by atoms with Gasteiger partial charge in [-0.05, 0) is 24.3 Å². The van der Waals surface area contributed by atoms with E-state index >= 15 is 0 Å². The molecule has 28 heavy (non-hydrogen) atoms. The average Bonchev–Trinajstić information content (AvgIpc) is 3.21. The van der Waals surface area contributed by atoms with E-state index in [1.165, 1.54) is 24.3 Å². The molecule has 1 amide bonds. The smallest absolute Gasteiger partial charge is 0.296 e. The third kappa shape index (κ3) is 4.09. The number of hydrogen-bond donors (Lipinski definition) is 1. The van der Waals surface area contributed by atoms with Gasteiger partial charge in [0, 0.05) is 5.02 Å². The van der Waals surface area contributed by atoms with E-state index in [0.717, 1.165) is 0 Å². The highest BCUT2D eigenvalue weighted by atomic mass is 35.5. The molecule has 0 bridgehead atoms. The van der Waals surface area contributed by atoms with Gasteiger partial charge in [0.25, 0.3) is 5.91 Å². The number of nitrogens with zero attached hydrogens (tertiary/aromatic N) is 4. The summed E-state index contributed by atoms with van der Waals surface area (Å²) in [6.45, 7) is 0. The van der Waals surface area contributed by atoms with Gasteiger partial charge in [0.2, 0.25) is 10.1 Å². The van der Waals surface area contributed by atoms with Gasteiger partial charge in [0.05, 0.1) is 17.4 Å². The highest BCUT2D eigenvalue weighted by Crippen LogP contribution is 2.35. The van der Waals surface area contributed by atoms with Crippen LogP contribution in [-0.4, -0.2) is 25.9 Å². The Kier molecular flexibility index (Phi) is 5.06. The topological polar surface area (TPSA) is 72.7 Å². The lowest BCUT2D eigenvalue weighted by Crippen LogP contribution is -2.20.